The van der Waals surface area contributed by atoms with Crippen LogP contribution in [0.25, 0.3) is 0 Å². The minimum absolute atomic E-state index is 0.0481. The number of hydrogen-bond donors (Lipinski definition) is 1. The molecule has 1 aromatic carbocycles. The molecular weight excluding hydrogens is 349 g/mol. The highest BCUT2D eigenvalue weighted by atomic mass is 79.9. The lowest BCUT2D eigenvalue weighted by atomic mass is 10.1. The third kappa shape index (κ3) is 3.94. The van der Waals surface area contributed by atoms with Gasteiger partial charge in [0.1, 0.15) is 5.82 Å². The van der Waals surface area contributed by atoms with Crippen molar-refractivity contribution in [2.75, 3.05) is 0 Å². The third-order valence-electron chi connectivity index (χ3n) is 3.57. The van der Waals surface area contributed by atoms with Gasteiger partial charge in [-0.05, 0) is 47.5 Å². The van der Waals surface area contributed by atoms with Gasteiger partial charge in [-0.25, -0.2) is 4.39 Å². The van der Waals surface area contributed by atoms with Crippen LogP contribution in [0.1, 0.15) is 23.9 Å². The van der Waals surface area contributed by atoms with Crippen LogP contribution in [0.4, 0.5) is 4.39 Å². The average Bonchev–Trinajstić information content (AvgIpc) is 2.73. The Kier molecular flexibility index (Phi) is 5.34. The number of halogens is 2. The molecule has 1 amide bonds. The Bertz CT molecular complexity index is 667. The number of benzene rings is 1. The monoisotopic (exact) mass is 367 g/mol. The molecule has 4 nitrogen and oxygen atoms in total. The number of aryl methyl sites for hydroxylation is 1. The van der Waals surface area contributed by atoms with E-state index in [0.717, 1.165) is 21.4 Å². The highest BCUT2D eigenvalue weighted by molar-refractivity contribution is 9.10. The summed E-state index contributed by atoms with van der Waals surface area (Å²) in [6.07, 6.45) is 0. The quantitative estimate of drug-likeness (QED) is 0.880. The number of amides is 1. The van der Waals surface area contributed by atoms with Crippen LogP contribution in [0.3, 0.4) is 0 Å². The van der Waals surface area contributed by atoms with E-state index >= 15 is 0 Å². The largest absolute Gasteiger partial charge is 0.352 e. The van der Waals surface area contributed by atoms with Gasteiger partial charge in [0.15, 0.2) is 0 Å². The third-order valence-corrected chi connectivity index (χ3v) is 4.72. The summed E-state index contributed by atoms with van der Waals surface area (Å²) in [6, 6.07) is 6.10. The lowest BCUT2D eigenvalue weighted by molar-refractivity contribution is -0.125. The highest BCUT2D eigenvalue weighted by Gasteiger charge is 2.16. The Morgan fingerprint density at radius 3 is 2.55 bits per heavy atom. The first-order chi connectivity index (χ1) is 10.4. The smallest absolute Gasteiger partial charge is 0.224 e. The maximum absolute atomic E-state index is 12.8. The predicted molar refractivity (Wildman–Crippen MR) is 86.8 cm³/mol. The summed E-state index contributed by atoms with van der Waals surface area (Å²) < 4.78 is 15.6. The molecule has 0 aliphatic rings. The van der Waals surface area contributed by atoms with E-state index in [9.17, 15) is 9.18 Å². The molecule has 2 rings (SSSR count). The van der Waals surface area contributed by atoms with E-state index in [1.165, 1.54) is 12.1 Å². The van der Waals surface area contributed by atoms with E-state index in [2.05, 4.69) is 26.3 Å². The molecule has 0 saturated heterocycles. The zero-order valence-corrected chi connectivity index (χ0v) is 14.4. The van der Waals surface area contributed by atoms with Crippen LogP contribution < -0.4 is 5.32 Å². The van der Waals surface area contributed by atoms with Crippen LogP contribution in [-0.4, -0.2) is 15.7 Å². The molecule has 0 bridgehead atoms. The second-order valence-corrected chi connectivity index (χ2v) is 6.21. The second-order valence-electron chi connectivity index (χ2n) is 5.41. The van der Waals surface area contributed by atoms with E-state index in [-0.39, 0.29) is 17.6 Å². The van der Waals surface area contributed by atoms with Crippen molar-refractivity contribution in [1.29, 1.82) is 0 Å². The lowest BCUT2D eigenvalue weighted by Crippen LogP contribution is -2.31. The molecule has 0 saturated carbocycles. The van der Waals surface area contributed by atoms with Crippen molar-refractivity contribution in [3.05, 3.63) is 51.5 Å². The topological polar surface area (TPSA) is 46.9 Å². The minimum atomic E-state index is -0.279. The van der Waals surface area contributed by atoms with Gasteiger partial charge in [0.25, 0.3) is 0 Å². The van der Waals surface area contributed by atoms with Crippen molar-refractivity contribution in [1.82, 2.24) is 15.1 Å². The van der Waals surface area contributed by atoms with Gasteiger partial charge >= 0.3 is 0 Å². The summed E-state index contributed by atoms with van der Waals surface area (Å²) in [5, 5.41) is 7.27. The fourth-order valence-corrected chi connectivity index (χ4v) is 2.44. The first-order valence-corrected chi connectivity index (χ1v) is 7.89. The zero-order chi connectivity index (χ0) is 16.3. The van der Waals surface area contributed by atoms with Gasteiger partial charge in [-0.15, -0.1) is 0 Å². The summed E-state index contributed by atoms with van der Waals surface area (Å²) in [5.41, 5.74) is 2.79. The number of aromatic nitrogens is 2. The fraction of sp³-hybridized carbons (Fsp3) is 0.375. The molecule has 0 aliphatic carbocycles. The molecule has 2 aromatic rings. The Balaban J connectivity index is 1.91. The number of nitrogens with one attached hydrogen (secondary N) is 1. The maximum atomic E-state index is 12.8. The summed E-state index contributed by atoms with van der Waals surface area (Å²) >= 11 is 3.48. The lowest BCUT2D eigenvalue weighted by Gasteiger charge is -2.13. The molecule has 0 aliphatic heterocycles. The molecule has 0 spiro atoms. The van der Waals surface area contributed by atoms with Crippen molar-refractivity contribution in [3.8, 4) is 0 Å². The van der Waals surface area contributed by atoms with Crippen LogP contribution in [0.15, 0.2) is 28.7 Å². The van der Waals surface area contributed by atoms with Gasteiger partial charge < -0.3 is 5.32 Å². The molecule has 6 heteroatoms. The van der Waals surface area contributed by atoms with Gasteiger partial charge in [0.2, 0.25) is 5.91 Å². The molecular formula is C16H19BrFN3O. The summed E-state index contributed by atoms with van der Waals surface area (Å²) in [5.74, 6) is -0.531. The van der Waals surface area contributed by atoms with E-state index in [1.54, 1.807) is 12.1 Å². The van der Waals surface area contributed by atoms with Crippen LogP contribution >= 0.6 is 15.9 Å². The Hall–Kier alpha value is -1.69. The van der Waals surface area contributed by atoms with Crippen molar-refractivity contribution in [2.24, 2.45) is 5.92 Å². The SMILES string of the molecule is Cc1nn(C[C@H](C)C(=O)NCc2ccc(F)cc2)c(C)c1Br. The average molecular weight is 368 g/mol. The Labute approximate surface area is 137 Å². The molecule has 0 fully saturated rings. The minimum Gasteiger partial charge on any atom is -0.352 e. The predicted octanol–water partition coefficient (Wildman–Crippen LogP) is 3.35. The standard InChI is InChI=1S/C16H19BrFN3O/c1-10(9-21-12(3)15(17)11(2)20-21)16(22)19-8-13-4-6-14(18)7-5-13/h4-7,10H,8-9H2,1-3H3,(H,19,22)/t10-/m0/s1. The van der Waals surface area contributed by atoms with E-state index in [0.29, 0.717) is 13.1 Å². The second kappa shape index (κ2) is 7.05. The fourth-order valence-electron chi connectivity index (χ4n) is 2.16. The first-order valence-electron chi connectivity index (χ1n) is 7.10. The van der Waals surface area contributed by atoms with E-state index < -0.39 is 0 Å². The molecule has 1 N–H and O–H groups in total. The Morgan fingerprint density at radius 1 is 1.36 bits per heavy atom. The molecule has 1 aromatic heterocycles. The molecule has 1 heterocycles. The van der Waals surface area contributed by atoms with Crippen LogP contribution in [0.5, 0.6) is 0 Å². The van der Waals surface area contributed by atoms with E-state index in [1.807, 2.05) is 25.5 Å². The number of hydrogen-bond acceptors (Lipinski definition) is 2. The first kappa shape index (κ1) is 16.7. The highest BCUT2D eigenvalue weighted by Crippen LogP contribution is 2.20. The number of carbonyl (C=O) groups is 1. The molecule has 1 atom stereocenters. The van der Waals surface area contributed by atoms with Crippen molar-refractivity contribution < 1.29 is 9.18 Å². The van der Waals surface area contributed by atoms with Gasteiger partial charge in [0, 0.05) is 12.2 Å². The summed E-state index contributed by atoms with van der Waals surface area (Å²) in [6.45, 7) is 6.67. The maximum Gasteiger partial charge on any atom is 0.224 e. The zero-order valence-electron chi connectivity index (χ0n) is 12.9. The number of nitrogens with zero attached hydrogens (tertiary/aromatic N) is 2. The van der Waals surface area contributed by atoms with Crippen molar-refractivity contribution >= 4 is 21.8 Å². The summed E-state index contributed by atoms with van der Waals surface area (Å²) in [7, 11) is 0. The van der Waals surface area contributed by atoms with Gasteiger partial charge in [-0.2, -0.15) is 5.10 Å². The molecule has 22 heavy (non-hydrogen) atoms. The van der Waals surface area contributed by atoms with Gasteiger partial charge in [0.05, 0.1) is 22.6 Å². The van der Waals surface area contributed by atoms with Gasteiger partial charge in [-0.3, -0.25) is 9.48 Å². The Morgan fingerprint density at radius 2 is 2.00 bits per heavy atom. The molecule has 0 radical (unpaired) electrons. The van der Waals surface area contributed by atoms with Crippen LogP contribution in [0, 0.1) is 25.6 Å². The van der Waals surface area contributed by atoms with Crippen LogP contribution in [-0.2, 0) is 17.9 Å². The molecule has 0 unspecified atom stereocenters. The summed E-state index contributed by atoms with van der Waals surface area (Å²) in [4.78, 5) is 12.2. The van der Waals surface area contributed by atoms with Gasteiger partial charge in [-0.1, -0.05) is 19.1 Å². The van der Waals surface area contributed by atoms with Crippen LogP contribution in [0.2, 0.25) is 0 Å². The molecule has 118 valence electrons. The van der Waals surface area contributed by atoms with Crippen molar-refractivity contribution in [3.63, 3.8) is 0 Å². The van der Waals surface area contributed by atoms with E-state index in [4.69, 9.17) is 0 Å². The normalized spacial score (nSPS) is 12.2. The van der Waals surface area contributed by atoms with Crippen molar-refractivity contribution in [2.45, 2.75) is 33.9 Å². The number of rotatable bonds is 5. The number of carbonyl (C=O) groups excluding carboxylic acids is 1.